The molecular formula is C28H26N4O5. The highest BCUT2D eigenvalue weighted by Crippen LogP contribution is 2.31. The zero-order valence-electron chi connectivity index (χ0n) is 20.2. The van der Waals surface area contributed by atoms with Gasteiger partial charge in [-0.25, -0.2) is 14.8 Å². The van der Waals surface area contributed by atoms with E-state index in [9.17, 15) is 4.79 Å². The Labute approximate surface area is 213 Å². The molecule has 0 radical (unpaired) electrons. The number of nitrogens with zero attached hydrogens (tertiary/aromatic N) is 2. The highest BCUT2D eigenvalue weighted by atomic mass is 16.6. The summed E-state index contributed by atoms with van der Waals surface area (Å²) in [5, 5.41) is 8.16. The van der Waals surface area contributed by atoms with Crippen molar-refractivity contribution in [2.24, 2.45) is 0 Å². The first kappa shape index (κ1) is 23.2. The Kier molecular flexibility index (Phi) is 6.30. The van der Waals surface area contributed by atoms with Gasteiger partial charge in [0.05, 0.1) is 37.7 Å². The number of hydrogen-bond acceptors (Lipinski definition) is 8. The molecule has 2 saturated heterocycles. The van der Waals surface area contributed by atoms with Crippen molar-refractivity contribution in [2.75, 3.05) is 31.0 Å². The lowest BCUT2D eigenvalue weighted by Crippen LogP contribution is -2.38. The SMILES string of the molecule is COc1ccc(-c2ccnc(NC3COC4C(OC(=O)Nc5cccc6ccccc56)COC34)n2)cc1. The van der Waals surface area contributed by atoms with Gasteiger partial charge in [0.1, 0.15) is 18.0 Å². The number of rotatable bonds is 6. The maximum Gasteiger partial charge on any atom is 0.412 e. The van der Waals surface area contributed by atoms with Crippen LogP contribution < -0.4 is 15.4 Å². The van der Waals surface area contributed by atoms with Crippen molar-refractivity contribution >= 4 is 28.5 Å². The van der Waals surface area contributed by atoms with Crippen LogP contribution >= 0.6 is 0 Å². The van der Waals surface area contributed by atoms with Gasteiger partial charge in [0.15, 0.2) is 6.10 Å². The predicted octanol–water partition coefficient (Wildman–Crippen LogP) is 4.50. The Hall–Kier alpha value is -4.21. The minimum absolute atomic E-state index is 0.175. The molecule has 2 aliphatic heterocycles. The van der Waals surface area contributed by atoms with Crippen LogP contribution in [0.1, 0.15) is 0 Å². The molecule has 0 aliphatic carbocycles. The van der Waals surface area contributed by atoms with Gasteiger partial charge in [0.2, 0.25) is 5.95 Å². The number of hydrogen-bond donors (Lipinski definition) is 2. The van der Waals surface area contributed by atoms with E-state index in [-0.39, 0.29) is 24.9 Å². The van der Waals surface area contributed by atoms with Crippen LogP contribution in [-0.2, 0) is 14.2 Å². The van der Waals surface area contributed by atoms with E-state index in [1.165, 1.54) is 0 Å². The summed E-state index contributed by atoms with van der Waals surface area (Å²) in [6, 6.07) is 23.0. The molecule has 188 valence electrons. The molecule has 37 heavy (non-hydrogen) atoms. The number of anilines is 2. The molecule has 0 saturated carbocycles. The molecule has 4 aromatic rings. The van der Waals surface area contributed by atoms with E-state index in [1.54, 1.807) is 13.3 Å². The number of ether oxygens (including phenoxy) is 4. The Bertz CT molecular complexity index is 1410. The lowest BCUT2D eigenvalue weighted by atomic mass is 10.1. The third-order valence-electron chi connectivity index (χ3n) is 6.65. The van der Waals surface area contributed by atoms with E-state index in [0.29, 0.717) is 18.2 Å². The molecular weight excluding hydrogens is 472 g/mol. The predicted molar refractivity (Wildman–Crippen MR) is 139 cm³/mol. The van der Waals surface area contributed by atoms with E-state index in [1.807, 2.05) is 72.8 Å². The number of nitrogens with one attached hydrogen (secondary N) is 2. The molecule has 3 heterocycles. The maximum absolute atomic E-state index is 12.7. The van der Waals surface area contributed by atoms with Crippen LogP contribution in [0.3, 0.4) is 0 Å². The molecule has 3 aromatic carbocycles. The third-order valence-corrected chi connectivity index (χ3v) is 6.65. The van der Waals surface area contributed by atoms with Crippen molar-refractivity contribution in [3.05, 3.63) is 79.0 Å². The maximum atomic E-state index is 12.7. The average Bonchev–Trinajstić information content (AvgIpc) is 3.52. The van der Waals surface area contributed by atoms with Crippen LogP contribution in [0.2, 0.25) is 0 Å². The molecule has 0 spiro atoms. The number of fused-ring (bicyclic) bond motifs is 2. The molecule has 4 unspecified atom stereocenters. The highest BCUT2D eigenvalue weighted by molar-refractivity contribution is 6.00. The first-order valence-corrected chi connectivity index (χ1v) is 12.1. The fourth-order valence-electron chi connectivity index (χ4n) is 4.82. The average molecular weight is 499 g/mol. The molecule has 4 atom stereocenters. The van der Waals surface area contributed by atoms with E-state index in [4.69, 9.17) is 18.9 Å². The van der Waals surface area contributed by atoms with E-state index >= 15 is 0 Å². The number of carbonyl (C=O) groups excluding carboxylic acids is 1. The molecule has 1 aromatic heterocycles. The molecule has 6 rings (SSSR count). The van der Waals surface area contributed by atoms with E-state index in [2.05, 4.69) is 20.6 Å². The zero-order chi connectivity index (χ0) is 25.2. The first-order chi connectivity index (χ1) is 18.2. The number of amides is 1. The summed E-state index contributed by atoms with van der Waals surface area (Å²) in [5.74, 6) is 1.26. The van der Waals surface area contributed by atoms with Crippen molar-refractivity contribution in [1.82, 2.24) is 9.97 Å². The standard InChI is InChI=1S/C28H26N4O5/c1-34-19-11-9-18(10-12-19)21-13-14-29-27(30-21)31-23-15-35-26-24(16-36-25(23)26)37-28(33)32-22-8-4-6-17-5-2-3-7-20(17)22/h2-14,23-26H,15-16H2,1H3,(H,32,33)(H,29,30,31). The van der Waals surface area contributed by atoms with Gasteiger partial charge in [-0.1, -0.05) is 36.4 Å². The van der Waals surface area contributed by atoms with Crippen molar-refractivity contribution in [2.45, 2.75) is 24.4 Å². The van der Waals surface area contributed by atoms with Crippen molar-refractivity contribution < 1.29 is 23.7 Å². The topological polar surface area (TPSA) is 104 Å². The van der Waals surface area contributed by atoms with Gasteiger partial charge in [-0.15, -0.1) is 0 Å². The van der Waals surface area contributed by atoms with Crippen LogP contribution in [0.25, 0.3) is 22.0 Å². The summed E-state index contributed by atoms with van der Waals surface area (Å²) in [7, 11) is 1.64. The summed E-state index contributed by atoms with van der Waals surface area (Å²) < 4.78 is 22.9. The number of carbonyl (C=O) groups is 1. The van der Waals surface area contributed by atoms with Crippen molar-refractivity contribution in [3.8, 4) is 17.0 Å². The summed E-state index contributed by atoms with van der Waals surface area (Å²) in [6.45, 7) is 0.638. The van der Waals surface area contributed by atoms with E-state index < -0.39 is 12.2 Å². The molecule has 0 bridgehead atoms. The summed E-state index contributed by atoms with van der Waals surface area (Å²) in [5.41, 5.74) is 2.43. The summed E-state index contributed by atoms with van der Waals surface area (Å²) in [6.07, 6.45) is -0.00933. The van der Waals surface area contributed by atoms with Crippen LogP contribution in [0.15, 0.2) is 79.0 Å². The van der Waals surface area contributed by atoms with Crippen LogP contribution in [0.5, 0.6) is 5.75 Å². The molecule has 9 nitrogen and oxygen atoms in total. The Balaban J connectivity index is 1.08. The first-order valence-electron chi connectivity index (χ1n) is 12.1. The molecule has 1 amide bonds. The molecule has 2 aliphatic rings. The van der Waals surface area contributed by atoms with Crippen LogP contribution in [-0.4, -0.2) is 60.7 Å². The zero-order valence-corrected chi connectivity index (χ0v) is 20.2. The summed E-state index contributed by atoms with van der Waals surface area (Å²) in [4.78, 5) is 21.7. The van der Waals surface area contributed by atoms with Gasteiger partial charge < -0.3 is 24.3 Å². The molecule has 2 N–H and O–H groups in total. The van der Waals surface area contributed by atoms with Crippen LogP contribution in [0, 0.1) is 0 Å². The highest BCUT2D eigenvalue weighted by Gasteiger charge is 2.49. The second-order valence-electron chi connectivity index (χ2n) is 8.94. The quantitative estimate of drug-likeness (QED) is 0.401. The largest absolute Gasteiger partial charge is 0.497 e. The lowest BCUT2D eigenvalue weighted by molar-refractivity contribution is 0.00917. The molecule has 2 fully saturated rings. The lowest BCUT2D eigenvalue weighted by Gasteiger charge is -2.18. The van der Waals surface area contributed by atoms with Gasteiger partial charge in [-0.3, -0.25) is 5.32 Å². The Morgan fingerprint density at radius 2 is 1.76 bits per heavy atom. The van der Waals surface area contributed by atoms with Gasteiger partial charge in [-0.2, -0.15) is 0 Å². The molecule has 9 heteroatoms. The number of aromatic nitrogens is 2. The second-order valence-corrected chi connectivity index (χ2v) is 8.94. The Morgan fingerprint density at radius 3 is 2.62 bits per heavy atom. The van der Waals surface area contributed by atoms with E-state index in [0.717, 1.165) is 27.8 Å². The van der Waals surface area contributed by atoms with Crippen molar-refractivity contribution in [1.29, 1.82) is 0 Å². The Morgan fingerprint density at radius 1 is 0.946 bits per heavy atom. The number of benzene rings is 3. The third kappa shape index (κ3) is 4.78. The van der Waals surface area contributed by atoms with Gasteiger partial charge in [0, 0.05) is 17.1 Å². The number of methoxy groups -OCH3 is 1. The minimum Gasteiger partial charge on any atom is -0.497 e. The van der Waals surface area contributed by atoms with Crippen molar-refractivity contribution in [3.63, 3.8) is 0 Å². The van der Waals surface area contributed by atoms with Gasteiger partial charge in [0.25, 0.3) is 0 Å². The monoisotopic (exact) mass is 498 g/mol. The fraction of sp³-hybridized carbons (Fsp3) is 0.250. The fourth-order valence-corrected chi connectivity index (χ4v) is 4.82. The summed E-state index contributed by atoms with van der Waals surface area (Å²) >= 11 is 0. The second kappa shape index (κ2) is 10.0. The van der Waals surface area contributed by atoms with Gasteiger partial charge >= 0.3 is 6.09 Å². The van der Waals surface area contributed by atoms with Gasteiger partial charge in [-0.05, 0) is 41.8 Å². The normalized spacial score (nSPS) is 22.4. The minimum atomic E-state index is -0.541. The van der Waals surface area contributed by atoms with Crippen LogP contribution in [0.4, 0.5) is 16.4 Å². The smallest absolute Gasteiger partial charge is 0.412 e.